The van der Waals surface area contributed by atoms with Crippen LogP contribution in [0.1, 0.15) is 11.1 Å². The SMILES string of the molecule is C=C/C=C(\C=C)C1N=C(c2ccc(-c3ccccc3)cc2)N=C(c2cc(-c3ccccc3)c(-n3c4ccccc4c4cc(-n5c6ccccc6c6ccccc65)ccc43)c(-c3ccccc3)c2)N1. The van der Waals surface area contributed by atoms with E-state index in [0.717, 1.165) is 72.5 Å². The standard InChI is InChI=1S/C63H45N5/c1-3-20-42(4-2)61-64-62(47-35-33-44(34-36-47)43-21-8-5-9-22-43)66-63(65-61)48-39-53(45-23-10-6-11-24-45)60(54(40-48)46-25-12-7-13-26-46)68-58-32-19-16-29-52(58)55-41-49(37-38-59(55)68)67-56-30-17-14-27-50(56)51-28-15-18-31-57(51)67/h3-41,61H,1-2H2,(H,64,65,66)/b42-20+. The summed E-state index contributed by atoms with van der Waals surface area (Å²) in [7, 11) is 0. The van der Waals surface area contributed by atoms with E-state index in [2.05, 4.69) is 240 Å². The van der Waals surface area contributed by atoms with Crippen molar-refractivity contribution in [2.75, 3.05) is 0 Å². The Bertz CT molecular complexity index is 3720. The van der Waals surface area contributed by atoms with Crippen LogP contribution in [0, 0.1) is 0 Å². The number of hydrogen-bond donors (Lipinski definition) is 1. The monoisotopic (exact) mass is 871 g/mol. The van der Waals surface area contributed by atoms with Crippen LogP contribution < -0.4 is 5.32 Å². The number of allylic oxidation sites excluding steroid dienone is 2. The van der Waals surface area contributed by atoms with Gasteiger partial charge in [0, 0.05) is 49.5 Å². The van der Waals surface area contributed by atoms with Crippen molar-refractivity contribution in [2.45, 2.75) is 6.17 Å². The number of fused-ring (bicyclic) bond motifs is 6. The molecule has 322 valence electrons. The highest BCUT2D eigenvalue weighted by Gasteiger charge is 2.26. The van der Waals surface area contributed by atoms with E-state index < -0.39 is 6.17 Å². The molecule has 0 saturated carbocycles. The summed E-state index contributed by atoms with van der Waals surface area (Å²) < 4.78 is 4.87. The summed E-state index contributed by atoms with van der Waals surface area (Å²) in [5.74, 6) is 1.34. The Hall–Kier alpha value is -9.06. The van der Waals surface area contributed by atoms with Gasteiger partial charge in [0.25, 0.3) is 0 Å². The zero-order valence-corrected chi connectivity index (χ0v) is 37.3. The van der Waals surface area contributed by atoms with Crippen LogP contribution in [0.2, 0.25) is 0 Å². The minimum Gasteiger partial charge on any atom is -0.344 e. The van der Waals surface area contributed by atoms with Gasteiger partial charge in [0.15, 0.2) is 5.84 Å². The maximum Gasteiger partial charge on any atom is 0.159 e. The molecule has 2 aromatic heterocycles. The van der Waals surface area contributed by atoms with Crippen LogP contribution in [0.25, 0.3) is 88.4 Å². The average Bonchev–Trinajstić information content (AvgIpc) is 3.93. The van der Waals surface area contributed by atoms with E-state index in [1.54, 1.807) is 6.08 Å². The number of nitrogens with one attached hydrogen (secondary N) is 1. The Labute approximate surface area is 395 Å². The zero-order chi connectivity index (χ0) is 45.6. The van der Waals surface area contributed by atoms with E-state index in [4.69, 9.17) is 9.98 Å². The van der Waals surface area contributed by atoms with Gasteiger partial charge in [-0.15, -0.1) is 0 Å². The molecule has 1 unspecified atom stereocenters. The summed E-state index contributed by atoms with van der Waals surface area (Å²) in [5.41, 5.74) is 16.1. The van der Waals surface area contributed by atoms with Crippen LogP contribution in [0.4, 0.5) is 0 Å². The van der Waals surface area contributed by atoms with Gasteiger partial charge in [-0.25, -0.2) is 9.98 Å². The van der Waals surface area contributed by atoms with E-state index in [1.807, 2.05) is 18.2 Å². The minimum absolute atomic E-state index is 0.456. The first kappa shape index (κ1) is 40.4. The molecule has 12 rings (SSSR count). The molecule has 1 aliphatic heterocycles. The summed E-state index contributed by atoms with van der Waals surface area (Å²) in [6, 6.07) is 78.1. The molecule has 11 aromatic rings. The Morgan fingerprint density at radius 2 is 0.912 bits per heavy atom. The lowest BCUT2D eigenvalue weighted by atomic mass is 9.92. The summed E-state index contributed by atoms with van der Waals surface area (Å²) in [6.07, 6.45) is 5.12. The maximum absolute atomic E-state index is 5.35. The second kappa shape index (κ2) is 17.1. The van der Waals surface area contributed by atoms with Crippen LogP contribution in [0.3, 0.4) is 0 Å². The van der Waals surface area contributed by atoms with Crippen molar-refractivity contribution in [2.24, 2.45) is 9.98 Å². The minimum atomic E-state index is -0.456. The number of hydrogen-bond acceptors (Lipinski definition) is 3. The fourth-order valence-corrected chi connectivity index (χ4v) is 9.97. The quantitative estimate of drug-likeness (QED) is 0.137. The molecule has 5 heteroatoms. The first-order valence-corrected chi connectivity index (χ1v) is 23.0. The highest BCUT2D eigenvalue weighted by molar-refractivity contribution is 6.16. The van der Waals surface area contributed by atoms with Crippen molar-refractivity contribution in [3.63, 3.8) is 0 Å². The number of benzene rings is 9. The number of amidine groups is 2. The van der Waals surface area contributed by atoms with Crippen molar-refractivity contribution < 1.29 is 0 Å². The van der Waals surface area contributed by atoms with Crippen molar-refractivity contribution in [3.05, 3.63) is 266 Å². The molecule has 1 aliphatic rings. The van der Waals surface area contributed by atoms with Gasteiger partial charge in [-0.05, 0) is 76.4 Å². The van der Waals surface area contributed by atoms with Gasteiger partial charge >= 0.3 is 0 Å². The molecule has 0 bridgehead atoms. The van der Waals surface area contributed by atoms with Crippen LogP contribution in [0.15, 0.2) is 265 Å². The third-order valence-electron chi connectivity index (χ3n) is 13.1. The summed E-state index contributed by atoms with van der Waals surface area (Å²) in [5, 5.41) is 8.56. The highest BCUT2D eigenvalue weighted by Crippen LogP contribution is 2.43. The molecule has 0 spiro atoms. The molecule has 1 N–H and O–H groups in total. The topological polar surface area (TPSA) is 46.6 Å². The lowest BCUT2D eigenvalue weighted by molar-refractivity contribution is 0.731. The molecular formula is C63H45N5. The molecule has 0 saturated heterocycles. The largest absolute Gasteiger partial charge is 0.344 e. The molecule has 0 radical (unpaired) electrons. The van der Waals surface area contributed by atoms with Gasteiger partial charge in [-0.3, -0.25) is 0 Å². The Balaban J connectivity index is 1.10. The second-order valence-corrected chi connectivity index (χ2v) is 17.1. The normalized spacial score (nSPS) is 13.9. The van der Waals surface area contributed by atoms with Gasteiger partial charge in [0.1, 0.15) is 12.0 Å². The molecule has 9 aromatic carbocycles. The Kier molecular flexibility index (Phi) is 10.1. The van der Waals surface area contributed by atoms with E-state index in [-0.39, 0.29) is 0 Å². The third kappa shape index (κ3) is 6.97. The van der Waals surface area contributed by atoms with Gasteiger partial charge < -0.3 is 14.5 Å². The number of para-hydroxylation sites is 3. The molecule has 68 heavy (non-hydrogen) atoms. The van der Waals surface area contributed by atoms with Gasteiger partial charge in [0.05, 0.1) is 27.8 Å². The third-order valence-corrected chi connectivity index (χ3v) is 13.1. The molecule has 0 amide bonds. The van der Waals surface area contributed by atoms with Gasteiger partial charge in [-0.2, -0.15) is 0 Å². The van der Waals surface area contributed by atoms with E-state index in [0.29, 0.717) is 11.7 Å². The van der Waals surface area contributed by atoms with Crippen molar-refractivity contribution in [3.8, 4) is 44.8 Å². The van der Waals surface area contributed by atoms with Crippen molar-refractivity contribution in [1.29, 1.82) is 0 Å². The van der Waals surface area contributed by atoms with Gasteiger partial charge in [0.2, 0.25) is 0 Å². The number of rotatable bonds is 10. The average molecular weight is 872 g/mol. The van der Waals surface area contributed by atoms with Gasteiger partial charge in [-0.1, -0.05) is 201 Å². The summed E-state index contributed by atoms with van der Waals surface area (Å²) in [6.45, 7) is 8.18. The van der Waals surface area contributed by atoms with Crippen LogP contribution >= 0.6 is 0 Å². The van der Waals surface area contributed by atoms with E-state index in [9.17, 15) is 0 Å². The van der Waals surface area contributed by atoms with Crippen molar-refractivity contribution in [1.82, 2.24) is 14.5 Å². The number of aliphatic imine (C=N–C) groups is 2. The zero-order valence-electron chi connectivity index (χ0n) is 37.3. The number of aromatic nitrogens is 2. The maximum atomic E-state index is 5.35. The van der Waals surface area contributed by atoms with E-state index in [1.165, 1.54) is 32.6 Å². The van der Waals surface area contributed by atoms with Crippen LogP contribution in [-0.4, -0.2) is 27.0 Å². The Morgan fingerprint density at radius 1 is 0.441 bits per heavy atom. The van der Waals surface area contributed by atoms with Crippen LogP contribution in [0.5, 0.6) is 0 Å². The van der Waals surface area contributed by atoms with Crippen LogP contribution in [-0.2, 0) is 0 Å². The Morgan fingerprint density at radius 3 is 1.47 bits per heavy atom. The summed E-state index contributed by atoms with van der Waals surface area (Å²) >= 11 is 0. The fourth-order valence-electron chi connectivity index (χ4n) is 9.97. The lowest BCUT2D eigenvalue weighted by Gasteiger charge is -2.26. The molecule has 3 heterocycles. The lowest BCUT2D eigenvalue weighted by Crippen LogP contribution is -2.39. The molecule has 5 nitrogen and oxygen atoms in total. The molecule has 0 fully saturated rings. The molecular weight excluding hydrogens is 827 g/mol. The van der Waals surface area contributed by atoms with Crippen molar-refractivity contribution >= 4 is 55.3 Å². The molecule has 1 atom stereocenters. The predicted octanol–water partition coefficient (Wildman–Crippen LogP) is 15.3. The molecule has 0 aliphatic carbocycles. The smallest absolute Gasteiger partial charge is 0.159 e. The first-order chi connectivity index (χ1) is 33.6. The summed E-state index contributed by atoms with van der Waals surface area (Å²) in [4.78, 5) is 10.5. The first-order valence-electron chi connectivity index (χ1n) is 23.0. The fraction of sp³-hybridized carbons (Fsp3) is 0.0159. The number of nitrogens with zero attached hydrogens (tertiary/aromatic N) is 4. The highest BCUT2D eigenvalue weighted by atomic mass is 15.2. The second-order valence-electron chi connectivity index (χ2n) is 17.1. The predicted molar refractivity (Wildman–Crippen MR) is 286 cm³/mol. The van der Waals surface area contributed by atoms with E-state index >= 15 is 0 Å².